The molecule has 0 fully saturated rings. The highest BCUT2D eigenvalue weighted by Crippen LogP contribution is 2.31. The molecule has 3 rings (SSSR count). The summed E-state index contributed by atoms with van der Waals surface area (Å²) in [7, 11) is 0.350. The lowest BCUT2D eigenvalue weighted by atomic mass is 10.1. The van der Waals surface area contributed by atoms with Crippen molar-refractivity contribution in [1.82, 2.24) is 4.98 Å². The van der Waals surface area contributed by atoms with Crippen LogP contribution in [0.25, 0.3) is 22.7 Å². The fraction of sp³-hybridized carbons (Fsp3) is 0.250. The van der Waals surface area contributed by atoms with E-state index in [1.807, 2.05) is 54.6 Å². The lowest BCUT2D eigenvalue weighted by molar-refractivity contribution is 0.415. The molecule has 0 amide bonds. The molecule has 3 nitrogen and oxygen atoms in total. The van der Waals surface area contributed by atoms with Crippen molar-refractivity contribution >= 4 is 8.07 Å². The van der Waals surface area contributed by atoms with Crippen LogP contribution in [0.15, 0.2) is 59.0 Å². The van der Waals surface area contributed by atoms with E-state index in [2.05, 4.69) is 19.6 Å². The summed E-state index contributed by atoms with van der Waals surface area (Å²) >= 11 is 0. The summed E-state index contributed by atoms with van der Waals surface area (Å²) in [5.74, 6) is 2.52. The van der Waals surface area contributed by atoms with Crippen LogP contribution in [0.3, 0.4) is 0 Å². The summed E-state index contributed by atoms with van der Waals surface area (Å²) in [5.41, 5.74) is 3.02. The SMILES string of the molecule is COc1ccc(-c2nc(-c3ccccc3)oc2C[Si](C)(C)C)cc1. The molecule has 124 valence electrons. The first-order valence-corrected chi connectivity index (χ1v) is 11.9. The third-order valence-corrected chi connectivity index (χ3v) is 5.15. The summed E-state index contributed by atoms with van der Waals surface area (Å²) in [4.78, 5) is 4.81. The van der Waals surface area contributed by atoms with Gasteiger partial charge in [0.2, 0.25) is 5.89 Å². The highest BCUT2D eigenvalue weighted by Gasteiger charge is 2.23. The van der Waals surface area contributed by atoms with Gasteiger partial charge >= 0.3 is 0 Å². The molecule has 3 aromatic rings. The van der Waals surface area contributed by atoms with Crippen molar-refractivity contribution in [2.75, 3.05) is 7.11 Å². The lowest BCUT2D eigenvalue weighted by Crippen LogP contribution is -2.23. The topological polar surface area (TPSA) is 35.3 Å². The van der Waals surface area contributed by atoms with E-state index >= 15 is 0 Å². The molecule has 0 spiro atoms. The van der Waals surface area contributed by atoms with Crippen molar-refractivity contribution < 1.29 is 9.15 Å². The van der Waals surface area contributed by atoms with Crippen LogP contribution in [0.5, 0.6) is 5.75 Å². The second-order valence-corrected chi connectivity index (χ2v) is 12.6. The van der Waals surface area contributed by atoms with Crippen LogP contribution in [-0.4, -0.2) is 20.2 Å². The molecule has 0 radical (unpaired) electrons. The average molecular weight is 337 g/mol. The van der Waals surface area contributed by atoms with Gasteiger partial charge in [-0.15, -0.1) is 0 Å². The van der Waals surface area contributed by atoms with Crippen LogP contribution >= 0.6 is 0 Å². The quantitative estimate of drug-likeness (QED) is 0.582. The molecule has 0 N–H and O–H groups in total. The third-order valence-electron chi connectivity index (χ3n) is 3.77. The van der Waals surface area contributed by atoms with E-state index in [1.54, 1.807) is 7.11 Å². The monoisotopic (exact) mass is 337 g/mol. The van der Waals surface area contributed by atoms with Gasteiger partial charge in [0, 0.05) is 17.2 Å². The number of aromatic nitrogens is 1. The van der Waals surface area contributed by atoms with E-state index in [9.17, 15) is 0 Å². The van der Waals surface area contributed by atoms with E-state index in [1.165, 1.54) is 0 Å². The van der Waals surface area contributed by atoms with Gasteiger partial charge in [-0.25, -0.2) is 4.98 Å². The Morgan fingerprint density at radius 3 is 2.17 bits per heavy atom. The number of hydrogen-bond acceptors (Lipinski definition) is 3. The molecular formula is C20H23NO2Si. The van der Waals surface area contributed by atoms with Crippen molar-refractivity contribution in [2.45, 2.75) is 25.7 Å². The predicted octanol–water partition coefficient (Wildman–Crippen LogP) is 5.44. The van der Waals surface area contributed by atoms with E-state index in [0.717, 1.165) is 34.4 Å². The Bertz CT molecular complexity index is 802. The van der Waals surface area contributed by atoms with Crippen molar-refractivity contribution in [1.29, 1.82) is 0 Å². The zero-order valence-electron chi connectivity index (χ0n) is 14.7. The van der Waals surface area contributed by atoms with Crippen LogP contribution in [0, 0.1) is 0 Å². The minimum atomic E-state index is -1.33. The fourth-order valence-electron chi connectivity index (χ4n) is 2.63. The van der Waals surface area contributed by atoms with Crippen LogP contribution in [0.2, 0.25) is 19.6 Å². The molecular weight excluding hydrogens is 314 g/mol. The smallest absolute Gasteiger partial charge is 0.226 e. The predicted molar refractivity (Wildman–Crippen MR) is 101 cm³/mol. The molecule has 2 aromatic carbocycles. The summed E-state index contributed by atoms with van der Waals surface area (Å²) < 4.78 is 11.4. The summed E-state index contributed by atoms with van der Waals surface area (Å²) in [5, 5.41) is 0. The molecule has 0 aliphatic carbocycles. The Morgan fingerprint density at radius 2 is 1.58 bits per heavy atom. The molecule has 4 heteroatoms. The van der Waals surface area contributed by atoms with E-state index in [-0.39, 0.29) is 0 Å². The molecule has 0 atom stereocenters. The van der Waals surface area contributed by atoms with Gasteiger partial charge in [-0.1, -0.05) is 37.8 Å². The molecule has 0 bridgehead atoms. The number of nitrogens with zero attached hydrogens (tertiary/aromatic N) is 1. The zero-order chi connectivity index (χ0) is 17.2. The maximum atomic E-state index is 6.18. The van der Waals surface area contributed by atoms with Crippen LogP contribution in [-0.2, 0) is 6.04 Å². The molecule has 0 aliphatic heterocycles. The Morgan fingerprint density at radius 1 is 0.917 bits per heavy atom. The van der Waals surface area contributed by atoms with Gasteiger partial charge in [0.15, 0.2) is 0 Å². The number of oxazole rings is 1. The maximum absolute atomic E-state index is 6.18. The zero-order valence-corrected chi connectivity index (χ0v) is 15.7. The number of ether oxygens (including phenoxy) is 1. The number of hydrogen-bond donors (Lipinski definition) is 0. The first kappa shape index (κ1) is 16.5. The van der Waals surface area contributed by atoms with Gasteiger partial charge in [-0.3, -0.25) is 0 Å². The standard InChI is InChI=1S/C20H23NO2Si/c1-22-17-12-10-15(11-13-17)19-18(14-24(2,3)4)23-20(21-19)16-8-6-5-7-9-16/h5-13H,14H2,1-4H3. The van der Waals surface area contributed by atoms with Gasteiger partial charge in [0.25, 0.3) is 0 Å². The van der Waals surface area contributed by atoms with Gasteiger partial charge in [0.05, 0.1) is 15.2 Å². The van der Waals surface area contributed by atoms with Gasteiger partial charge in [-0.2, -0.15) is 0 Å². The molecule has 0 saturated heterocycles. The Hall–Kier alpha value is -2.33. The highest BCUT2D eigenvalue weighted by molar-refractivity contribution is 6.75. The van der Waals surface area contributed by atoms with Crippen molar-refractivity contribution in [3.8, 4) is 28.5 Å². The van der Waals surface area contributed by atoms with Gasteiger partial charge in [-0.05, 0) is 36.4 Å². The van der Waals surface area contributed by atoms with Crippen LogP contribution < -0.4 is 4.74 Å². The first-order chi connectivity index (χ1) is 11.5. The molecule has 0 unspecified atom stereocenters. The van der Waals surface area contributed by atoms with E-state index < -0.39 is 8.07 Å². The van der Waals surface area contributed by atoms with Crippen molar-refractivity contribution in [3.05, 3.63) is 60.4 Å². The Balaban J connectivity index is 2.06. The minimum absolute atomic E-state index is 0.690. The van der Waals surface area contributed by atoms with Gasteiger partial charge < -0.3 is 9.15 Å². The molecule has 0 aliphatic rings. The third kappa shape index (κ3) is 3.76. The van der Waals surface area contributed by atoms with Crippen LogP contribution in [0.4, 0.5) is 0 Å². The molecule has 1 aromatic heterocycles. The second kappa shape index (κ2) is 6.65. The summed E-state index contributed by atoms with van der Waals surface area (Å²) in [6.07, 6.45) is 0. The first-order valence-electron chi connectivity index (χ1n) is 8.16. The fourth-order valence-corrected chi connectivity index (χ4v) is 3.83. The van der Waals surface area contributed by atoms with Crippen molar-refractivity contribution in [2.24, 2.45) is 0 Å². The largest absolute Gasteiger partial charge is 0.497 e. The van der Waals surface area contributed by atoms with Crippen molar-refractivity contribution in [3.63, 3.8) is 0 Å². The molecule has 1 heterocycles. The van der Waals surface area contributed by atoms with Gasteiger partial charge in [0.1, 0.15) is 17.2 Å². The number of rotatable bonds is 5. The Labute approximate surface area is 144 Å². The maximum Gasteiger partial charge on any atom is 0.226 e. The number of methoxy groups -OCH3 is 1. The average Bonchev–Trinajstić information content (AvgIpc) is 2.97. The Kier molecular flexibility index (Phi) is 4.58. The lowest BCUT2D eigenvalue weighted by Gasteiger charge is -2.14. The minimum Gasteiger partial charge on any atom is -0.497 e. The molecule has 0 saturated carbocycles. The summed E-state index contributed by atoms with van der Waals surface area (Å²) in [6, 6.07) is 19.0. The normalized spacial score (nSPS) is 11.5. The second-order valence-electron chi connectivity index (χ2n) is 7.12. The highest BCUT2D eigenvalue weighted by atomic mass is 28.3. The van der Waals surface area contributed by atoms with Crippen LogP contribution in [0.1, 0.15) is 5.76 Å². The molecule has 24 heavy (non-hydrogen) atoms. The summed E-state index contributed by atoms with van der Waals surface area (Å²) in [6.45, 7) is 7.03. The number of benzene rings is 2. The van der Waals surface area contributed by atoms with E-state index in [0.29, 0.717) is 5.89 Å². The van der Waals surface area contributed by atoms with E-state index in [4.69, 9.17) is 14.1 Å².